The zero-order valence-corrected chi connectivity index (χ0v) is 15.2. The van der Waals surface area contributed by atoms with Gasteiger partial charge in [-0.1, -0.05) is 47.5 Å². The molecule has 0 saturated carbocycles. The molecule has 0 heterocycles. The molecule has 0 aliphatic heterocycles. The molecule has 0 radical (unpaired) electrons. The van der Waals surface area contributed by atoms with Crippen LogP contribution in [0.25, 0.3) is 0 Å². The topological polar surface area (TPSA) is 53.3 Å². The van der Waals surface area contributed by atoms with Crippen molar-refractivity contribution in [3.8, 4) is 0 Å². The Morgan fingerprint density at radius 2 is 1.54 bits per heavy atom. The minimum absolute atomic E-state index is 0.597. The van der Waals surface area contributed by atoms with Gasteiger partial charge in [0.2, 0.25) is 0 Å². The summed E-state index contributed by atoms with van der Waals surface area (Å²) in [6, 6.07) is 15.6. The summed E-state index contributed by atoms with van der Waals surface area (Å²) < 4.78 is 0. The number of nitrogens with one attached hydrogen (secondary N) is 2. The molecule has 2 rings (SSSR count). The molecule has 0 atom stereocenters. The molecule has 0 saturated heterocycles. The first-order valence-corrected chi connectivity index (χ1v) is 8.86. The van der Waals surface area contributed by atoms with Gasteiger partial charge in [0.15, 0.2) is 0 Å². The zero-order valence-electron chi connectivity index (χ0n) is 13.6. The number of para-hydroxylation sites is 2. The van der Waals surface area contributed by atoms with Gasteiger partial charge in [0.05, 0.1) is 21.4 Å². The summed E-state index contributed by atoms with van der Waals surface area (Å²) >= 11 is 12.4. The zero-order chi connectivity index (χ0) is 17.2. The summed E-state index contributed by atoms with van der Waals surface area (Å²) in [7, 11) is 0. The second-order valence-corrected chi connectivity index (χ2v) is 6.20. The van der Waals surface area contributed by atoms with Gasteiger partial charge in [-0.15, -0.1) is 0 Å². The highest BCUT2D eigenvalue weighted by Gasteiger charge is 2.08. The largest absolute Gasteiger partial charge is 0.383 e. The van der Waals surface area contributed by atoms with Crippen LogP contribution in [0.15, 0.2) is 48.5 Å². The number of rotatable bonds is 10. The summed E-state index contributed by atoms with van der Waals surface area (Å²) in [5, 5.41) is 8.24. The second kappa shape index (κ2) is 10.4. The quantitative estimate of drug-likeness (QED) is 0.563. The Morgan fingerprint density at radius 3 is 2.25 bits per heavy atom. The molecule has 24 heavy (non-hydrogen) atoms. The van der Waals surface area contributed by atoms with Gasteiger partial charge in [-0.05, 0) is 24.3 Å². The molecule has 2 aromatic rings. The molecule has 0 unspecified atom stereocenters. The monoisotopic (exact) mass is 366 g/mol. The molecule has 0 amide bonds. The first kappa shape index (κ1) is 18.9. The minimum Gasteiger partial charge on any atom is -0.383 e. The Morgan fingerprint density at radius 1 is 0.833 bits per heavy atom. The molecule has 2 aromatic carbocycles. The van der Waals surface area contributed by atoms with Crippen molar-refractivity contribution in [2.24, 2.45) is 5.73 Å². The van der Waals surface area contributed by atoms with Gasteiger partial charge in [0, 0.05) is 39.3 Å². The van der Waals surface area contributed by atoms with Crippen LogP contribution in [0.2, 0.25) is 10.0 Å². The summed E-state index contributed by atoms with van der Waals surface area (Å²) in [5.41, 5.74) is 7.71. The molecule has 0 fully saturated rings. The lowest BCUT2D eigenvalue weighted by atomic mass is 10.2. The van der Waals surface area contributed by atoms with Crippen molar-refractivity contribution in [1.29, 1.82) is 0 Å². The maximum atomic E-state index is 6.27. The van der Waals surface area contributed by atoms with Crippen molar-refractivity contribution >= 4 is 34.6 Å². The maximum absolute atomic E-state index is 6.27. The van der Waals surface area contributed by atoms with Crippen molar-refractivity contribution in [2.75, 3.05) is 49.5 Å². The van der Waals surface area contributed by atoms with E-state index in [9.17, 15) is 0 Å². The fourth-order valence-electron chi connectivity index (χ4n) is 2.45. The normalized spacial score (nSPS) is 10.6. The van der Waals surface area contributed by atoms with Crippen LogP contribution in [0.4, 0.5) is 11.4 Å². The molecule has 130 valence electrons. The fourth-order valence-corrected chi connectivity index (χ4v) is 2.90. The maximum Gasteiger partial charge on any atom is 0.0639 e. The summed E-state index contributed by atoms with van der Waals surface area (Å²) in [5.74, 6) is 0. The van der Waals surface area contributed by atoms with E-state index in [1.165, 1.54) is 0 Å². The first-order valence-electron chi connectivity index (χ1n) is 8.11. The number of nitrogens with zero attached hydrogens (tertiary/aromatic N) is 1. The van der Waals surface area contributed by atoms with E-state index in [0.717, 1.165) is 54.1 Å². The Hall–Kier alpha value is -1.46. The average Bonchev–Trinajstić information content (AvgIpc) is 2.59. The molecule has 6 heteroatoms. The second-order valence-electron chi connectivity index (χ2n) is 5.38. The SMILES string of the molecule is NCCN(CCNCCNc1ccccc1Cl)c1ccccc1Cl. The Kier molecular flexibility index (Phi) is 8.19. The predicted octanol–water partition coefficient (Wildman–Crippen LogP) is 3.46. The van der Waals surface area contributed by atoms with Crippen LogP contribution in [0.5, 0.6) is 0 Å². The van der Waals surface area contributed by atoms with E-state index in [-0.39, 0.29) is 0 Å². The van der Waals surface area contributed by atoms with Crippen LogP contribution in [0, 0.1) is 0 Å². The number of anilines is 2. The van der Waals surface area contributed by atoms with Gasteiger partial charge in [-0.2, -0.15) is 0 Å². The van der Waals surface area contributed by atoms with Gasteiger partial charge in [-0.3, -0.25) is 0 Å². The summed E-state index contributed by atoms with van der Waals surface area (Å²) in [6.45, 7) is 4.75. The highest BCUT2D eigenvalue weighted by Crippen LogP contribution is 2.24. The van der Waals surface area contributed by atoms with E-state index in [1.807, 2.05) is 48.5 Å². The van der Waals surface area contributed by atoms with Crippen LogP contribution < -0.4 is 21.3 Å². The molecule has 0 aromatic heterocycles. The molecule has 4 N–H and O–H groups in total. The van der Waals surface area contributed by atoms with Gasteiger partial charge in [-0.25, -0.2) is 0 Å². The Bertz CT molecular complexity index is 621. The van der Waals surface area contributed by atoms with Crippen molar-refractivity contribution < 1.29 is 0 Å². The van der Waals surface area contributed by atoms with Crippen molar-refractivity contribution in [3.05, 3.63) is 58.6 Å². The van der Waals surface area contributed by atoms with Gasteiger partial charge >= 0.3 is 0 Å². The highest BCUT2D eigenvalue weighted by atomic mass is 35.5. The lowest BCUT2D eigenvalue weighted by Gasteiger charge is -2.25. The molecular weight excluding hydrogens is 343 g/mol. The number of nitrogens with two attached hydrogens (primary N) is 1. The van der Waals surface area contributed by atoms with Crippen molar-refractivity contribution in [1.82, 2.24) is 5.32 Å². The minimum atomic E-state index is 0.597. The number of benzene rings is 2. The predicted molar refractivity (Wildman–Crippen MR) is 106 cm³/mol. The van der Waals surface area contributed by atoms with E-state index in [0.29, 0.717) is 6.54 Å². The van der Waals surface area contributed by atoms with Crippen LogP contribution >= 0.6 is 23.2 Å². The number of halogens is 2. The first-order chi connectivity index (χ1) is 11.7. The summed E-state index contributed by atoms with van der Waals surface area (Å²) in [4.78, 5) is 2.21. The smallest absolute Gasteiger partial charge is 0.0639 e. The lowest BCUT2D eigenvalue weighted by Crippen LogP contribution is -2.37. The molecule has 0 aliphatic carbocycles. The third kappa shape index (κ3) is 5.87. The van der Waals surface area contributed by atoms with Crippen LogP contribution in [0.3, 0.4) is 0 Å². The lowest BCUT2D eigenvalue weighted by molar-refractivity contribution is 0.669. The van der Waals surface area contributed by atoms with Crippen LogP contribution in [0.1, 0.15) is 0 Å². The summed E-state index contributed by atoms with van der Waals surface area (Å²) in [6.07, 6.45) is 0. The highest BCUT2D eigenvalue weighted by molar-refractivity contribution is 6.33. The molecular formula is C18H24Cl2N4. The number of hydrogen-bond acceptors (Lipinski definition) is 4. The Balaban J connectivity index is 1.72. The van der Waals surface area contributed by atoms with Gasteiger partial charge in [0.1, 0.15) is 0 Å². The van der Waals surface area contributed by atoms with E-state index in [1.54, 1.807) is 0 Å². The van der Waals surface area contributed by atoms with E-state index in [4.69, 9.17) is 28.9 Å². The van der Waals surface area contributed by atoms with Crippen molar-refractivity contribution in [2.45, 2.75) is 0 Å². The standard InChI is InChI=1S/C18H24Cl2N4/c19-15-5-1-3-7-17(15)23-11-10-22-12-14-24(13-9-21)18-8-4-2-6-16(18)20/h1-8,22-23H,9-14,21H2. The molecule has 0 aliphatic rings. The van der Waals surface area contributed by atoms with E-state index in [2.05, 4.69) is 15.5 Å². The number of hydrogen-bond donors (Lipinski definition) is 3. The molecule has 0 spiro atoms. The molecule has 0 bridgehead atoms. The van der Waals surface area contributed by atoms with Crippen LogP contribution in [-0.2, 0) is 0 Å². The Labute approximate surface area is 153 Å². The van der Waals surface area contributed by atoms with Crippen molar-refractivity contribution in [3.63, 3.8) is 0 Å². The van der Waals surface area contributed by atoms with Gasteiger partial charge in [0.25, 0.3) is 0 Å². The third-order valence-corrected chi connectivity index (χ3v) is 4.29. The van der Waals surface area contributed by atoms with E-state index < -0.39 is 0 Å². The van der Waals surface area contributed by atoms with Crippen LogP contribution in [-0.4, -0.2) is 39.3 Å². The van der Waals surface area contributed by atoms with Gasteiger partial charge < -0.3 is 21.3 Å². The fraction of sp³-hybridized carbons (Fsp3) is 0.333. The third-order valence-electron chi connectivity index (χ3n) is 3.64. The van der Waals surface area contributed by atoms with E-state index >= 15 is 0 Å². The average molecular weight is 367 g/mol. The molecule has 4 nitrogen and oxygen atoms in total.